The Morgan fingerprint density at radius 1 is 1.21 bits per heavy atom. The van der Waals surface area contributed by atoms with Gasteiger partial charge in [0.2, 0.25) is 0 Å². The molecule has 0 N–H and O–H groups in total. The monoisotopic (exact) mass is 228 g/mol. The standard InChI is InChI=1S/C11H10Cl2O/c12-11(13)10(14)9-5-4-7-2-1-3-8(7)6-9/h4-6,11H,1-3H2. The van der Waals surface area contributed by atoms with Gasteiger partial charge in [-0.15, -0.1) is 0 Å². The Balaban J connectivity index is 2.33. The molecule has 0 spiro atoms. The molecule has 0 bridgehead atoms. The second-order valence-electron chi connectivity index (χ2n) is 3.50. The molecule has 0 saturated carbocycles. The molecule has 1 aromatic rings. The number of halogens is 2. The maximum absolute atomic E-state index is 11.5. The average Bonchev–Trinajstić information content (AvgIpc) is 2.62. The number of Topliss-reactive ketones (excluding diaryl/α,β-unsaturated/α-hetero) is 1. The number of hydrogen-bond donors (Lipinski definition) is 0. The Bertz CT molecular complexity index is 372. The fourth-order valence-corrected chi connectivity index (χ4v) is 2.10. The molecule has 1 aliphatic carbocycles. The highest BCUT2D eigenvalue weighted by Crippen LogP contribution is 2.24. The van der Waals surface area contributed by atoms with Crippen molar-refractivity contribution in [2.75, 3.05) is 0 Å². The predicted octanol–water partition coefficient (Wildman–Crippen LogP) is 3.16. The van der Waals surface area contributed by atoms with Crippen molar-refractivity contribution >= 4 is 29.0 Å². The second kappa shape index (κ2) is 3.92. The summed E-state index contributed by atoms with van der Waals surface area (Å²) in [4.78, 5) is 10.5. The van der Waals surface area contributed by atoms with Crippen LogP contribution in [0.4, 0.5) is 0 Å². The zero-order chi connectivity index (χ0) is 10.1. The molecule has 74 valence electrons. The summed E-state index contributed by atoms with van der Waals surface area (Å²) in [5.74, 6) is -0.206. The van der Waals surface area contributed by atoms with Crippen LogP contribution in [-0.4, -0.2) is 10.6 Å². The number of ketones is 1. The maximum atomic E-state index is 11.5. The summed E-state index contributed by atoms with van der Waals surface area (Å²) in [6.45, 7) is 0. The van der Waals surface area contributed by atoms with E-state index in [4.69, 9.17) is 23.2 Å². The Kier molecular flexibility index (Phi) is 2.80. The largest absolute Gasteiger partial charge is 0.291 e. The molecule has 3 heteroatoms. The summed E-state index contributed by atoms with van der Waals surface area (Å²) in [7, 11) is 0. The number of alkyl halides is 2. The van der Waals surface area contributed by atoms with Crippen LogP contribution >= 0.6 is 23.2 Å². The van der Waals surface area contributed by atoms with E-state index in [0.717, 1.165) is 12.8 Å². The molecule has 0 heterocycles. The minimum atomic E-state index is -0.950. The lowest BCUT2D eigenvalue weighted by Gasteiger charge is -2.04. The molecule has 1 nitrogen and oxygen atoms in total. The van der Waals surface area contributed by atoms with Crippen molar-refractivity contribution < 1.29 is 4.79 Å². The number of benzene rings is 1. The molecule has 0 fully saturated rings. The van der Waals surface area contributed by atoms with E-state index in [0.29, 0.717) is 5.56 Å². The van der Waals surface area contributed by atoms with Crippen LogP contribution in [0.3, 0.4) is 0 Å². The van der Waals surface area contributed by atoms with Crippen LogP contribution in [0.1, 0.15) is 27.9 Å². The fraction of sp³-hybridized carbons (Fsp3) is 0.364. The number of rotatable bonds is 2. The maximum Gasteiger partial charge on any atom is 0.195 e. The summed E-state index contributed by atoms with van der Waals surface area (Å²) in [5.41, 5.74) is 3.24. The number of aryl methyl sites for hydroxylation is 2. The quantitative estimate of drug-likeness (QED) is 0.562. The highest BCUT2D eigenvalue weighted by molar-refractivity contribution is 6.55. The van der Waals surface area contributed by atoms with Crippen LogP contribution in [0, 0.1) is 0 Å². The summed E-state index contributed by atoms with van der Waals surface area (Å²) in [5, 5.41) is 0. The van der Waals surface area contributed by atoms with E-state index in [2.05, 4.69) is 0 Å². The summed E-state index contributed by atoms with van der Waals surface area (Å²) in [6.07, 6.45) is 3.36. The molecular weight excluding hydrogens is 219 g/mol. The molecule has 1 aromatic carbocycles. The predicted molar refractivity (Wildman–Crippen MR) is 58.3 cm³/mol. The minimum Gasteiger partial charge on any atom is -0.291 e. The molecule has 0 aliphatic heterocycles. The second-order valence-corrected chi connectivity index (χ2v) is 4.60. The summed E-state index contributed by atoms with van der Waals surface area (Å²) in [6, 6.07) is 5.73. The first-order valence-electron chi connectivity index (χ1n) is 4.62. The lowest BCUT2D eigenvalue weighted by molar-refractivity contribution is 0.101. The van der Waals surface area contributed by atoms with E-state index in [1.165, 1.54) is 17.5 Å². The first-order valence-corrected chi connectivity index (χ1v) is 5.50. The van der Waals surface area contributed by atoms with Gasteiger partial charge >= 0.3 is 0 Å². The van der Waals surface area contributed by atoms with Crippen molar-refractivity contribution in [1.29, 1.82) is 0 Å². The van der Waals surface area contributed by atoms with E-state index in [-0.39, 0.29) is 5.78 Å². The van der Waals surface area contributed by atoms with Crippen molar-refractivity contribution in [3.05, 3.63) is 34.9 Å². The average molecular weight is 229 g/mol. The normalized spacial score (nSPS) is 14.5. The molecule has 1 aliphatic rings. The van der Waals surface area contributed by atoms with Gasteiger partial charge in [0.1, 0.15) is 0 Å². The Labute approximate surface area is 93.0 Å². The van der Waals surface area contributed by atoms with E-state index >= 15 is 0 Å². The molecule has 14 heavy (non-hydrogen) atoms. The third-order valence-electron chi connectivity index (χ3n) is 2.58. The van der Waals surface area contributed by atoms with Crippen LogP contribution in [0.5, 0.6) is 0 Å². The van der Waals surface area contributed by atoms with Crippen LogP contribution in [0.15, 0.2) is 18.2 Å². The zero-order valence-electron chi connectivity index (χ0n) is 7.59. The van der Waals surface area contributed by atoms with Gasteiger partial charge in [0.15, 0.2) is 10.6 Å². The van der Waals surface area contributed by atoms with Gasteiger partial charge in [-0.25, -0.2) is 0 Å². The first kappa shape index (κ1) is 10.0. The van der Waals surface area contributed by atoms with Gasteiger partial charge in [0.05, 0.1) is 0 Å². The smallest absolute Gasteiger partial charge is 0.195 e. The van der Waals surface area contributed by atoms with Gasteiger partial charge in [-0.2, -0.15) is 0 Å². The lowest BCUT2D eigenvalue weighted by Crippen LogP contribution is -2.08. The van der Waals surface area contributed by atoms with Gasteiger partial charge < -0.3 is 0 Å². The highest BCUT2D eigenvalue weighted by atomic mass is 35.5. The lowest BCUT2D eigenvalue weighted by atomic mass is 10.0. The van der Waals surface area contributed by atoms with Crippen LogP contribution in [0.25, 0.3) is 0 Å². The van der Waals surface area contributed by atoms with Gasteiger partial charge in [-0.1, -0.05) is 35.3 Å². The van der Waals surface area contributed by atoms with Crippen molar-refractivity contribution in [3.63, 3.8) is 0 Å². The van der Waals surface area contributed by atoms with Crippen molar-refractivity contribution in [2.45, 2.75) is 24.1 Å². The van der Waals surface area contributed by atoms with E-state index in [9.17, 15) is 4.79 Å². The van der Waals surface area contributed by atoms with Crippen molar-refractivity contribution in [3.8, 4) is 0 Å². The van der Waals surface area contributed by atoms with Crippen molar-refractivity contribution in [1.82, 2.24) is 0 Å². The Hall–Kier alpha value is -0.530. The number of hydrogen-bond acceptors (Lipinski definition) is 1. The van der Waals surface area contributed by atoms with Crippen LogP contribution in [0.2, 0.25) is 0 Å². The van der Waals surface area contributed by atoms with Gasteiger partial charge in [0, 0.05) is 5.56 Å². The fourth-order valence-electron chi connectivity index (χ4n) is 1.85. The molecule has 0 radical (unpaired) electrons. The third kappa shape index (κ3) is 1.79. The summed E-state index contributed by atoms with van der Waals surface area (Å²) < 4.78 is 0. The first-order chi connectivity index (χ1) is 6.68. The molecule has 2 rings (SSSR count). The topological polar surface area (TPSA) is 17.1 Å². The van der Waals surface area contributed by atoms with E-state index in [1.807, 2.05) is 18.2 Å². The number of fused-ring (bicyclic) bond motifs is 1. The number of carbonyl (C=O) groups is 1. The highest BCUT2D eigenvalue weighted by Gasteiger charge is 2.17. The summed E-state index contributed by atoms with van der Waals surface area (Å²) >= 11 is 11.1. The molecular formula is C11H10Cl2O. The molecule has 0 amide bonds. The van der Waals surface area contributed by atoms with E-state index in [1.54, 1.807) is 0 Å². The molecule has 0 aromatic heterocycles. The molecule has 0 saturated heterocycles. The van der Waals surface area contributed by atoms with Gasteiger partial charge in [0.25, 0.3) is 0 Å². The zero-order valence-corrected chi connectivity index (χ0v) is 9.11. The van der Waals surface area contributed by atoms with Gasteiger partial charge in [-0.05, 0) is 36.5 Å². The SMILES string of the molecule is O=C(c1ccc2c(c1)CCC2)C(Cl)Cl. The minimum absolute atomic E-state index is 0.206. The third-order valence-corrected chi connectivity index (χ3v) is 2.98. The van der Waals surface area contributed by atoms with E-state index < -0.39 is 4.84 Å². The Morgan fingerprint density at radius 2 is 1.93 bits per heavy atom. The van der Waals surface area contributed by atoms with Crippen LogP contribution < -0.4 is 0 Å². The Morgan fingerprint density at radius 3 is 2.64 bits per heavy atom. The van der Waals surface area contributed by atoms with Crippen molar-refractivity contribution in [2.24, 2.45) is 0 Å². The molecule has 0 atom stereocenters. The van der Waals surface area contributed by atoms with Gasteiger partial charge in [-0.3, -0.25) is 4.79 Å². The number of carbonyl (C=O) groups excluding carboxylic acids is 1. The van der Waals surface area contributed by atoms with Crippen LogP contribution in [-0.2, 0) is 12.8 Å². The molecule has 0 unspecified atom stereocenters.